The van der Waals surface area contributed by atoms with E-state index in [1.807, 2.05) is 30.3 Å². The fraction of sp³-hybridized carbons (Fsp3) is 0. The molecule has 4 heteroatoms. The monoisotopic (exact) mass is 253 g/mol. The van der Waals surface area contributed by atoms with Gasteiger partial charge in [0.15, 0.2) is 5.95 Å². The smallest absolute Gasteiger partial charge is 0.199 e. The van der Waals surface area contributed by atoms with Crippen molar-refractivity contribution in [1.82, 2.24) is 9.97 Å². The molecule has 0 saturated carbocycles. The van der Waals surface area contributed by atoms with E-state index in [0.29, 0.717) is 10.6 Å². The van der Waals surface area contributed by atoms with Crippen molar-refractivity contribution in [3.05, 3.63) is 53.2 Å². The molecule has 0 atom stereocenters. The molecule has 3 rings (SSSR count). The second kappa shape index (κ2) is 4.23. The first-order valence-corrected chi connectivity index (χ1v) is 6.00. The molecule has 0 radical (unpaired) electrons. The summed E-state index contributed by atoms with van der Waals surface area (Å²) in [6, 6.07) is 16.2. The Balaban J connectivity index is 2.34. The van der Waals surface area contributed by atoms with Crippen LogP contribution in [0.15, 0.2) is 48.5 Å². The molecule has 0 fully saturated rings. The van der Waals surface area contributed by atoms with Gasteiger partial charge in [-0.2, -0.15) is 0 Å². The number of aromatic nitrogens is 2. The second-order valence-electron chi connectivity index (χ2n) is 4.05. The molecule has 0 saturated heterocycles. The summed E-state index contributed by atoms with van der Waals surface area (Å²) in [6.07, 6.45) is 0. The van der Waals surface area contributed by atoms with Crippen LogP contribution in [0, 0.1) is 4.64 Å². The standard InChI is InChI=1S/C14H11N3S/c15-14-16-12(8-13(18)17-14)11-7-3-5-9-4-1-2-6-10(9)11/h1-8H,(H3,15,16,17,18). The summed E-state index contributed by atoms with van der Waals surface area (Å²) >= 11 is 5.10. The maximum absolute atomic E-state index is 5.71. The van der Waals surface area contributed by atoms with Crippen molar-refractivity contribution in [2.75, 3.05) is 5.73 Å². The Labute approximate surface area is 109 Å². The van der Waals surface area contributed by atoms with Gasteiger partial charge in [0.1, 0.15) is 4.64 Å². The third-order valence-corrected chi connectivity index (χ3v) is 3.05. The summed E-state index contributed by atoms with van der Waals surface area (Å²) in [5.74, 6) is 0.338. The van der Waals surface area contributed by atoms with E-state index in [4.69, 9.17) is 18.0 Å². The van der Waals surface area contributed by atoms with Gasteiger partial charge in [-0.15, -0.1) is 0 Å². The van der Waals surface area contributed by atoms with Gasteiger partial charge >= 0.3 is 0 Å². The van der Waals surface area contributed by atoms with E-state index in [0.717, 1.165) is 16.6 Å². The number of anilines is 1. The Hall–Kier alpha value is -2.20. The molecule has 0 unspecified atom stereocenters. The summed E-state index contributed by atoms with van der Waals surface area (Å²) < 4.78 is 0.495. The highest BCUT2D eigenvalue weighted by atomic mass is 32.1. The van der Waals surface area contributed by atoms with Crippen LogP contribution >= 0.6 is 12.2 Å². The molecule has 0 amide bonds. The molecule has 0 spiro atoms. The largest absolute Gasteiger partial charge is 0.369 e. The van der Waals surface area contributed by atoms with Gasteiger partial charge in [0.25, 0.3) is 0 Å². The molecule has 3 aromatic rings. The topological polar surface area (TPSA) is 54.7 Å². The minimum Gasteiger partial charge on any atom is -0.369 e. The van der Waals surface area contributed by atoms with E-state index in [2.05, 4.69) is 28.2 Å². The Kier molecular flexibility index (Phi) is 2.57. The van der Waals surface area contributed by atoms with Gasteiger partial charge in [-0.05, 0) is 16.8 Å². The normalized spacial score (nSPS) is 10.7. The summed E-state index contributed by atoms with van der Waals surface area (Å²) in [6.45, 7) is 0. The second-order valence-corrected chi connectivity index (χ2v) is 4.46. The average Bonchev–Trinajstić information content (AvgIpc) is 2.37. The Morgan fingerprint density at radius 3 is 2.67 bits per heavy atom. The number of fused-ring (bicyclic) bond motifs is 1. The Morgan fingerprint density at radius 1 is 1.06 bits per heavy atom. The van der Waals surface area contributed by atoms with Crippen LogP contribution in [0.25, 0.3) is 22.0 Å². The molecule has 3 nitrogen and oxygen atoms in total. The van der Waals surface area contributed by atoms with Crippen LogP contribution in [0.1, 0.15) is 0 Å². The van der Waals surface area contributed by atoms with Gasteiger partial charge in [-0.1, -0.05) is 54.7 Å². The predicted octanol–water partition coefficient (Wildman–Crippen LogP) is 3.54. The van der Waals surface area contributed by atoms with Crippen molar-refractivity contribution >= 4 is 28.9 Å². The number of nitrogens with zero attached hydrogens (tertiary/aromatic N) is 1. The van der Waals surface area contributed by atoms with Crippen molar-refractivity contribution in [1.29, 1.82) is 0 Å². The number of aromatic amines is 1. The van der Waals surface area contributed by atoms with Crippen LogP contribution < -0.4 is 5.73 Å². The Morgan fingerprint density at radius 2 is 1.83 bits per heavy atom. The van der Waals surface area contributed by atoms with Crippen molar-refractivity contribution in [3.63, 3.8) is 0 Å². The van der Waals surface area contributed by atoms with E-state index in [-0.39, 0.29) is 0 Å². The quantitative estimate of drug-likeness (QED) is 0.652. The zero-order valence-corrected chi connectivity index (χ0v) is 10.4. The third-order valence-electron chi connectivity index (χ3n) is 2.84. The van der Waals surface area contributed by atoms with E-state index in [1.165, 1.54) is 5.39 Å². The highest BCUT2D eigenvalue weighted by molar-refractivity contribution is 7.71. The lowest BCUT2D eigenvalue weighted by Crippen LogP contribution is -1.96. The minimum absolute atomic E-state index is 0.338. The van der Waals surface area contributed by atoms with Crippen LogP contribution in [-0.2, 0) is 0 Å². The number of nitrogen functional groups attached to an aromatic ring is 1. The summed E-state index contributed by atoms with van der Waals surface area (Å²) in [4.78, 5) is 7.03. The van der Waals surface area contributed by atoms with Gasteiger partial charge < -0.3 is 10.7 Å². The molecule has 0 bridgehead atoms. The fourth-order valence-electron chi connectivity index (χ4n) is 2.08. The van der Waals surface area contributed by atoms with Gasteiger partial charge in [-0.25, -0.2) is 4.98 Å². The van der Waals surface area contributed by atoms with Crippen LogP contribution in [0.3, 0.4) is 0 Å². The number of rotatable bonds is 1. The molecule has 18 heavy (non-hydrogen) atoms. The average molecular weight is 253 g/mol. The molecule has 3 N–H and O–H groups in total. The van der Waals surface area contributed by atoms with Crippen LogP contribution in [-0.4, -0.2) is 9.97 Å². The SMILES string of the molecule is Nc1nc(=S)cc(-c2cccc3ccccc23)[nH]1. The number of benzene rings is 2. The fourth-order valence-corrected chi connectivity index (χ4v) is 2.30. The van der Waals surface area contributed by atoms with Crippen LogP contribution in [0.5, 0.6) is 0 Å². The zero-order valence-electron chi connectivity index (χ0n) is 9.55. The molecule has 1 heterocycles. The third kappa shape index (κ3) is 1.87. The predicted molar refractivity (Wildman–Crippen MR) is 76.8 cm³/mol. The first-order valence-electron chi connectivity index (χ1n) is 5.59. The maximum atomic E-state index is 5.71. The molecule has 88 valence electrons. The van der Waals surface area contributed by atoms with E-state index in [1.54, 1.807) is 0 Å². The number of hydrogen-bond donors (Lipinski definition) is 2. The van der Waals surface area contributed by atoms with E-state index >= 15 is 0 Å². The first kappa shape index (κ1) is 10.9. The Bertz CT molecular complexity index is 772. The molecule has 2 aromatic carbocycles. The highest BCUT2D eigenvalue weighted by Crippen LogP contribution is 2.27. The van der Waals surface area contributed by atoms with Gasteiger partial charge in [-0.3, -0.25) is 0 Å². The molecule has 0 aliphatic carbocycles. The molecule has 0 aliphatic rings. The summed E-state index contributed by atoms with van der Waals surface area (Å²) in [5, 5.41) is 2.35. The van der Waals surface area contributed by atoms with Crippen LogP contribution in [0.2, 0.25) is 0 Å². The maximum Gasteiger partial charge on any atom is 0.199 e. The van der Waals surface area contributed by atoms with E-state index < -0.39 is 0 Å². The van der Waals surface area contributed by atoms with Crippen molar-refractivity contribution in [2.24, 2.45) is 0 Å². The number of hydrogen-bond acceptors (Lipinski definition) is 3. The number of H-pyrrole nitrogens is 1. The first-order chi connectivity index (χ1) is 8.74. The molecular formula is C14H11N3S. The summed E-state index contributed by atoms with van der Waals surface area (Å²) in [5.41, 5.74) is 7.68. The summed E-state index contributed by atoms with van der Waals surface area (Å²) in [7, 11) is 0. The number of nitrogens with one attached hydrogen (secondary N) is 1. The van der Waals surface area contributed by atoms with Gasteiger partial charge in [0.2, 0.25) is 0 Å². The van der Waals surface area contributed by atoms with Crippen LogP contribution in [0.4, 0.5) is 5.95 Å². The lowest BCUT2D eigenvalue weighted by atomic mass is 10.0. The number of nitrogens with two attached hydrogens (primary N) is 1. The highest BCUT2D eigenvalue weighted by Gasteiger charge is 2.04. The van der Waals surface area contributed by atoms with Crippen molar-refractivity contribution in [2.45, 2.75) is 0 Å². The zero-order chi connectivity index (χ0) is 12.5. The molecular weight excluding hydrogens is 242 g/mol. The van der Waals surface area contributed by atoms with Crippen molar-refractivity contribution in [3.8, 4) is 11.3 Å². The van der Waals surface area contributed by atoms with E-state index in [9.17, 15) is 0 Å². The van der Waals surface area contributed by atoms with Crippen molar-refractivity contribution < 1.29 is 0 Å². The lowest BCUT2D eigenvalue weighted by molar-refractivity contribution is 1.18. The van der Waals surface area contributed by atoms with Gasteiger partial charge in [0, 0.05) is 5.56 Å². The lowest BCUT2D eigenvalue weighted by Gasteiger charge is -2.07. The molecule has 1 aromatic heterocycles. The van der Waals surface area contributed by atoms with Gasteiger partial charge in [0.05, 0.1) is 5.69 Å². The molecule has 0 aliphatic heterocycles. The minimum atomic E-state index is 0.338.